The van der Waals surface area contributed by atoms with Crippen molar-refractivity contribution in [1.82, 2.24) is 19.8 Å². The molecule has 0 atom stereocenters. The van der Waals surface area contributed by atoms with E-state index in [9.17, 15) is 9.59 Å². The van der Waals surface area contributed by atoms with Gasteiger partial charge in [0.25, 0.3) is 0 Å². The summed E-state index contributed by atoms with van der Waals surface area (Å²) in [4.78, 5) is 31.3. The Labute approximate surface area is 167 Å². The molecule has 6 heteroatoms. The minimum atomic E-state index is -0.356. The van der Waals surface area contributed by atoms with Crippen LogP contribution < -0.4 is 5.32 Å². The first kappa shape index (κ1) is 20.4. The topological polar surface area (TPSA) is 67.2 Å². The number of aromatic nitrogens is 2. The lowest BCUT2D eigenvalue weighted by Crippen LogP contribution is -2.46. The summed E-state index contributed by atoms with van der Waals surface area (Å²) in [5.74, 6) is 1.31. The molecule has 3 rings (SSSR count). The number of rotatable bonds is 5. The van der Waals surface area contributed by atoms with Crippen LogP contribution in [0.15, 0.2) is 24.3 Å². The molecule has 1 saturated heterocycles. The van der Waals surface area contributed by atoms with Crippen molar-refractivity contribution in [3.05, 3.63) is 30.1 Å². The van der Waals surface area contributed by atoms with E-state index in [1.165, 1.54) is 0 Å². The first-order valence-corrected chi connectivity index (χ1v) is 10.3. The van der Waals surface area contributed by atoms with Crippen LogP contribution in [0.5, 0.6) is 0 Å². The molecule has 1 N–H and O–H groups in total. The number of benzene rings is 1. The molecule has 1 aliphatic heterocycles. The van der Waals surface area contributed by atoms with Gasteiger partial charge in [-0.2, -0.15) is 0 Å². The SMILES string of the molecule is Cc1nc2ccccc2n1CCCNC(=O)C1CCN(C(=O)C(C)(C)C)CC1. The van der Waals surface area contributed by atoms with E-state index >= 15 is 0 Å². The van der Waals surface area contributed by atoms with Gasteiger partial charge in [0.15, 0.2) is 0 Å². The number of para-hydroxylation sites is 2. The molecule has 28 heavy (non-hydrogen) atoms. The van der Waals surface area contributed by atoms with Crippen molar-refractivity contribution in [1.29, 1.82) is 0 Å². The summed E-state index contributed by atoms with van der Waals surface area (Å²) in [7, 11) is 0. The van der Waals surface area contributed by atoms with Crippen molar-refractivity contribution in [2.24, 2.45) is 11.3 Å². The summed E-state index contributed by atoms with van der Waals surface area (Å²) in [6, 6.07) is 8.14. The Balaban J connectivity index is 1.43. The lowest BCUT2D eigenvalue weighted by atomic mass is 9.90. The largest absolute Gasteiger partial charge is 0.356 e. The number of fused-ring (bicyclic) bond motifs is 1. The van der Waals surface area contributed by atoms with E-state index in [0.29, 0.717) is 19.6 Å². The van der Waals surface area contributed by atoms with Crippen LogP contribution in [0.25, 0.3) is 11.0 Å². The van der Waals surface area contributed by atoms with Crippen LogP contribution in [0.1, 0.15) is 45.9 Å². The van der Waals surface area contributed by atoms with E-state index in [2.05, 4.69) is 20.9 Å². The average molecular weight is 385 g/mol. The Hall–Kier alpha value is -2.37. The molecule has 2 aromatic rings. The molecule has 2 heterocycles. The van der Waals surface area contributed by atoms with Gasteiger partial charge in [0.05, 0.1) is 11.0 Å². The molecule has 1 aromatic carbocycles. The lowest BCUT2D eigenvalue weighted by molar-refractivity contribution is -0.142. The van der Waals surface area contributed by atoms with Crippen molar-refractivity contribution in [2.75, 3.05) is 19.6 Å². The number of piperidine rings is 1. The number of hydrogen-bond acceptors (Lipinski definition) is 3. The second kappa shape index (κ2) is 8.33. The molecule has 0 unspecified atom stereocenters. The van der Waals surface area contributed by atoms with Gasteiger partial charge in [-0.25, -0.2) is 4.98 Å². The highest BCUT2D eigenvalue weighted by atomic mass is 16.2. The van der Waals surface area contributed by atoms with Gasteiger partial charge >= 0.3 is 0 Å². The van der Waals surface area contributed by atoms with Crippen LogP contribution in [0.2, 0.25) is 0 Å². The van der Waals surface area contributed by atoms with Gasteiger partial charge in [0.2, 0.25) is 11.8 Å². The maximum Gasteiger partial charge on any atom is 0.227 e. The molecular weight excluding hydrogens is 352 g/mol. The standard InChI is InChI=1S/C22H32N4O2/c1-16-24-18-8-5-6-9-19(18)26(16)13-7-12-23-20(27)17-10-14-25(15-11-17)21(28)22(2,3)4/h5-6,8-9,17H,7,10-15H2,1-4H3,(H,23,27). The summed E-state index contributed by atoms with van der Waals surface area (Å²) in [6.45, 7) is 10.7. The summed E-state index contributed by atoms with van der Waals surface area (Å²) in [5, 5.41) is 3.08. The zero-order valence-electron chi connectivity index (χ0n) is 17.5. The highest BCUT2D eigenvalue weighted by molar-refractivity contribution is 5.82. The zero-order chi connectivity index (χ0) is 20.3. The molecule has 0 spiro atoms. The molecule has 0 radical (unpaired) electrons. The van der Waals surface area contributed by atoms with Gasteiger partial charge in [-0.15, -0.1) is 0 Å². The molecule has 152 valence electrons. The normalized spacial score (nSPS) is 15.8. The Morgan fingerprint density at radius 1 is 1.18 bits per heavy atom. The number of nitrogens with one attached hydrogen (secondary N) is 1. The number of amides is 2. The number of likely N-dealkylation sites (tertiary alicyclic amines) is 1. The van der Waals surface area contributed by atoms with Gasteiger partial charge in [-0.1, -0.05) is 32.9 Å². The molecule has 0 aliphatic carbocycles. The monoisotopic (exact) mass is 384 g/mol. The zero-order valence-corrected chi connectivity index (χ0v) is 17.5. The summed E-state index contributed by atoms with van der Waals surface area (Å²) >= 11 is 0. The minimum Gasteiger partial charge on any atom is -0.356 e. The van der Waals surface area contributed by atoms with Crippen LogP contribution in [-0.2, 0) is 16.1 Å². The first-order valence-electron chi connectivity index (χ1n) is 10.3. The Morgan fingerprint density at radius 2 is 1.86 bits per heavy atom. The van der Waals surface area contributed by atoms with Crippen molar-refractivity contribution >= 4 is 22.8 Å². The smallest absolute Gasteiger partial charge is 0.227 e. The molecule has 2 amide bonds. The maximum absolute atomic E-state index is 12.5. The highest BCUT2D eigenvalue weighted by Gasteiger charge is 2.32. The summed E-state index contributed by atoms with van der Waals surface area (Å²) < 4.78 is 2.21. The number of carbonyl (C=O) groups excluding carboxylic acids is 2. The Bertz CT molecular complexity index is 842. The van der Waals surface area contributed by atoms with Gasteiger partial charge < -0.3 is 14.8 Å². The van der Waals surface area contributed by atoms with Crippen molar-refractivity contribution in [2.45, 2.75) is 53.5 Å². The molecule has 1 fully saturated rings. The molecule has 0 saturated carbocycles. The van der Waals surface area contributed by atoms with E-state index in [-0.39, 0.29) is 23.1 Å². The van der Waals surface area contributed by atoms with Crippen LogP contribution >= 0.6 is 0 Å². The Kier molecular flexibility index (Phi) is 6.06. The number of hydrogen-bond donors (Lipinski definition) is 1. The van der Waals surface area contributed by atoms with Crippen LogP contribution in [0.4, 0.5) is 0 Å². The fourth-order valence-electron chi connectivity index (χ4n) is 3.89. The predicted molar refractivity (Wildman–Crippen MR) is 111 cm³/mol. The van der Waals surface area contributed by atoms with E-state index in [1.54, 1.807) is 0 Å². The third kappa shape index (κ3) is 4.54. The van der Waals surface area contributed by atoms with Crippen molar-refractivity contribution < 1.29 is 9.59 Å². The lowest BCUT2D eigenvalue weighted by Gasteiger charge is -2.35. The number of imidazole rings is 1. The fourth-order valence-corrected chi connectivity index (χ4v) is 3.89. The number of nitrogens with zero attached hydrogens (tertiary/aromatic N) is 3. The predicted octanol–water partition coefficient (Wildman–Crippen LogP) is 3.14. The van der Waals surface area contributed by atoms with Gasteiger partial charge in [-0.05, 0) is 38.3 Å². The third-order valence-electron chi connectivity index (χ3n) is 5.50. The first-order chi connectivity index (χ1) is 13.3. The summed E-state index contributed by atoms with van der Waals surface area (Å²) in [5.41, 5.74) is 1.80. The second-order valence-electron chi connectivity index (χ2n) is 8.76. The quantitative estimate of drug-likeness (QED) is 0.806. The van der Waals surface area contributed by atoms with Crippen LogP contribution in [-0.4, -0.2) is 45.9 Å². The second-order valence-corrected chi connectivity index (χ2v) is 8.76. The van der Waals surface area contributed by atoms with E-state index in [1.807, 2.05) is 50.8 Å². The van der Waals surface area contributed by atoms with Crippen LogP contribution in [0.3, 0.4) is 0 Å². The van der Waals surface area contributed by atoms with Crippen molar-refractivity contribution in [3.63, 3.8) is 0 Å². The average Bonchev–Trinajstić information content (AvgIpc) is 2.99. The van der Waals surface area contributed by atoms with E-state index < -0.39 is 0 Å². The van der Waals surface area contributed by atoms with Gasteiger partial charge in [0, 0.05) is 37.5 Å². The van der Waals surface area contributed by atoms with Crippen LogP contribution in [0, 0.1) is 18.3 Å². The number of aryl methyl sites for hydroxylation is 2. The minimum absolute atomic E-state index is 0.0137. The van der Waals surface area contributed by atoms with Crippen molar-refractivity contribution in [3.8, 4) is 0 Å². The molecular formula is C22H32N4O2. The third-order valence-corrected chi connectivity index (χ3v) is 5.50. The fraction of sp³-hybridized carbons (Fsp3) is 0.591. The van der Waals surface area contributed by atoms with Gasteiger partial charge in [0.1, 0.15) is 5.82 Å². The van der Waals surface area contributed by atoms with E-state index in [0.717, 1.165) is 42.7 Å². The van der Waals surface area contributed by atoms with E-state index in [4.69, 9.17) is 0 Å². The molecule has 0 bridgehead atoms. The molecule has 6 nitrogen and oxygen atoms in total. The molecule has 1 aliphatic rings. The Morgan fingerprint density at radius 3 is 2.54 bits per heavy atom. The molecule has 1 aromatic heterocycles. The number of carbonyl (C=O) groups is 2. The maximum atomic E-state index is 12.5. The highest BCUT2D eigenvalue weighted by Crippen LogP contribution is 2.23. The van der Waals surface area contributed by atoms with Gasteiger partial charge in [-0.3, -0.25) is 9.59 Å². The summed E-state index contributed by atoms with van der Waals surface area (Å²) in [6.07, 6.45) is 2.37.